The van der Waals surface area contributed by atoms with Gasteiger partial charge in [-0.2, -0.15) is 0 Å². The maximum Gasteiger partial charge on any atom is 2.00 e. The topological polar surface area (TPSA) is 77.8 Å². The van der Waals surface area contributed by atoms with E-state index in [1.54, 1.807) is 0 Å². The molecule has 9 heteroatoms. The van der Waals surface area contributed by atoms with E-state index in [4.69, 9.17) is 19.2 Å². The van der Waals surface area contributed by atoms with Crippen molar-refractivity contribution >= 4 is 121 Å². The molecule has 0 aromatic carbocycles. The van der Waals surface area contributed by atoms with Crippen LogP contribution in [0, 0.1) is 0 Å². The molecule has 0 aliphatic heterocycles. The second kappa shape index (κ2) is 15.4. The molecule has 32 valence electrons. The smallest absolute Gasteiger partial charge is 0.303 e. The molecule has 0 amide bonds. The third kappa shape index (κ3) is 63.9. The Kier molecular flexibility index (Phi) is 49.9. The Morgan fingerprint density at radius 3 is 0.889 bits per heavy atom. The number of phosphoric acid groups is 1. The van der Waals surface area contributed by atoms with E-state index in [1.807, 2.05) is 0 Å². The average Bonchev–Trinajstić information content (AvgIpc) is 0.722. The van der Waals surface area contributed by atoms with Crippen molar-refractivity contribution in [3.63, 3.8) is 0 Å². The molecule has 0 bridgehead atoms. The first-order chi connectivity index (χ1) is 2.00. The minimum Gasteiger partial charge on any atom is -0.303 e. The summed E-state index contributed by atoms with van der Waals surface area (Å²) in [5.74, 6) is 0. The van der Waals surface area contributed by atoms with Crippen LogP contribution < -0.4 is 29.6 Å². The summed E-state index contributed by atoms with van der Waals surface area (Å²) in [6, 6.07) is 0. The van der Waals surface area contributed by atoms with Crippen molar-refractivity contribution in [1.82, 2.24) is 0 Å². The zero-order valence-electron chi connectivity index (χ0n) is 5.32. The van der Waals surface area contributed by atoms with E-state index >= 15 is 0 Å². The normalized spacial score (nSPS) is 6.56. The molecule has 9 heavy (non-hydrogen) atoms. The van der Waals surface area contributed by atoms with E-state index in [1.165, 1.54) is 0 Å². The van der Waals surface area contributed by atoms with Crippen LogP contribution in [-0.2, 0) is 4.57 Å². The first-order valence-corrected chi connectivity index (χ1v) is 2.35. The van der Waals surface area contributed by atoms with Crippen molar-refractivity contribution in [3.8, 4) is 0 Å². The van der Waals surface area contributed by atoms with Gasteiger partial charge in [-0.15, -0.1) is 0 Å². The van der Waals surface area contributed by atoms with Gasteiger partial charge in [0, 0.05) is 0 Å². The van der Waals surface area contributed by atoms with E-state index in [9.17, 15) is 0 Å². The van der Waals surface area contributed by atoms with Gasteiger partial charge in [0.15, 0.2) is 0 Å². The molecule has 0 saturated heterocycles. The van der Waals surface area contributed by atoms with Crippen LogP contribution in [0.4, 0.5) is 0 Å². The third-order valence-electron chi connectivity index (χ3n) is 0. The molecule has 0 rings (SSSR count). The SMILES string of the molecule is O=P(O)(O)O.[Ca+2].[Ca+2].[Ca+2].[Na+]. The molecule has 0 aromatic heterocycles. The standard InChI is InChI=1S/3Ca.Na.H3O4P/c;;;;1-5(2,3)4/h;;;;(H3,1,2,3,4)/q3*+2;+1;. The monoisotopic (exact) mass is 241 g/mol. The molecule has 0 fully saturated rings. The Morgan fingerprint density at radius 1 is 0.889 bits per heavy atom. The molecule has 0 radical (unpaired) electrons. The molecule has 0 unspecified atom stereocenters. The maximum absolute atomic E-state index is 8.88. The Balaban J connectivity index is -0.0000000133. The van der Waals surface area contributed by atoms with Crippen LogP contribution in [0.1, 0.15) is 0 Å². The second-order valence-corrected chi connectivity index (χ2v) is 1.54. The van der Waals surface area contributed by atoms with Gasteiger partial charge in [-0.1, -0.05) is 0 Å². The maximum atomic E-state index is 8.88. The van der Waals surface area contributed by atoms with Crippen molar-refractivity contribution in [2.45, 2.75) is 0 Å². The Morgan fingerprint density at radius 2 is 0.889 bits per heavy atom. The Labute approximate surface area is 165 Å². The fourth-order valence-electron chi connectivity index (χ4n) is 0. The van der Waals surface area contributed by atoms with Crippen LogP contribution in [0.2, 0.25) is 0 Å². The summed E-state index contributed by atoms with van der Waals surface area (Å²) in [5.41, 5.74) is 0. The molecule has 0 heterocycles. The number of hydrogen-bond donors (Lipinski definition) is 3. The van der Waals surface area contributed by atoms with E-state index in [2.05, 4.69) is 0 Å². The summed E-state index contributed by atoms with van der Waals surface area (Å²) in [6.45, 7) is 0. The molecular formula is H3Ca3NaO4P+7. The van der Waals surface area contributed by atoms with Crippen LogP contribution in [0.25, 0.3) is 0 Å². The summed E-state index contributed by atoms with van der Waals surface area (Å²) in [7, 11) is -4.64. The largest absolute Gasteiger partial charge is 2.00 e. The van der Waals surface area contributed by atoms with Gasteiger partial charge < -0.3 is 14.7 Å². The van der Waals surface area contributed by atoms with Gasteiger partial charge in [-0.25, -0.2) is 4.57 Å². The molecular weight excluding hydrogens is 238 g/mol. The van der Waals surface area contributed by atoms with Crippen LogP contribution in [0.5, 0.6) is 0 Å². The van der Waals surface area contributed by atoms with E-state index in [0.717, 1.165) is 0 Å². The van der Waals surface area contributed by atoms with Crippen molar-refractivity contribution in [2.24, 2.45) is 0 Å². The zero-order chi connectivity index (χ0) is 4.50. The van der Waals surface area contributed by atoms with Gasteiger partial charge in [0.1, 0.15) is 0 Å². The number of hydrogen-bond acceptors (Lipinski definition) is 1. The van der Waals surface area contributed by atoms with E-state index < -0.39 is 7.82 Å². The summed E-state index contributed by atoms with van der Waals surface area (Å²) in [5, 5.41) is 0. The minimum absolute atomic E-state index is 0. The minimum atomic E-state index is -4.64. The third-order valence-corrected chi connectivity index (χ3v) is 0. The molecule has 0 atom stereocenters. The van der Waals surface area contributed by atoms with Crippen LogP contribution in [0.15, 0.2) is 0 Å². The van der Waals surface area contributed by atoms with Gasteiger partial charge in [0.05, 0.1) is 0 Å². The molecule has 0 saturated carbocycles. The molecule has 3 N–H and O–H groups in total. The summed E-state index contributed by atoms with van der Waals surface area (Å²) in [4.78, 5) is 21.6. The van der Waals surface area contributed by atoms with Gasteiger partial charge >= 0.3 is 151 Å². The van der Waals surface area contributed by atoms with Crippen LogP contribution >= 0.6 is 7.82 Å². The first-order valence-electron chi connectivity index (χ1n) is 0.783. The van der Waals surface area contributed by atoms with Crippen LogP contribution in [0.3, 0.4) is 0 Å². The molecule has 0 aliphatic rings. The van der Waals surface area contributed by atoms with E-state index in [-0.39, 0.29) is 143 Å². The average molecular weight is 241 g/mol. The van der Waals surface area contributed by atoms with Crippen LogP contribution in [-0.4, -0.2) is 128 Å². The predicted octanol–water partition coefficient (Wildman–Crippen LogP) is -5.07. The van der Waals surface area contributed by atoms with Crippen molar-refractivity contribution in [1.29, 1.82) is 0 Å². The molecule has 0 spiro atoms. The van der Waals surface area contributed by atoms with Gasteiger partial charge in [0.2, 0.25) is 0 Å². The number of rotatable bonds is 0. The van der Waals surface area contributed by atoms with Gasteiger partial charge in [0.25, 0.3) is 0 Å². The Hall–Kier alpha value is 4.89. The van der Waals surface area contributed by atoms with Crippen molar-refractivity contribution < 1.29 is 48.8 Å². The summed E-state index contributed by atoms with van der Waals surface area (Å²) >= 11 is 0. The van der Waals surface area contributed by atoms with Crippen molar-refractivity contribution in [3.05, 3.63) is 0 Å². The molecule has 0 aliphatic carbocycles. The van der Waals surface area contributed by atoms with Crippen molar-refractivity contribution in [2.75, 3.05) is 0 Å². The quantitative estimate of drug-likeness (QED) is 0.293. The van der Waals surface area contributed by atoms with Gasteiger partial charge in [-0.05, 0) is 0 Å². The summed E-state index contributed by atoms with van der Waals surface area (Å²) in [6.07, 6.45) is 0. The fraction of sp³-hybridized carbons (Fsp3) is 0. The van der Waals surface area contributed by atoms with E-state index in [0.29, 0.717) is 0 Å². The summed E-state index contributed by atoms with van der Waals surface area (Å²) < 4.78 is 8.88. The van der Waals surface area contributed by atoms with Gasteiger partial charge in [-0.3, -0.25) is 0 Å². The zero-order valence-corrected chi connectivity index (χ0v) is 14.8. The molecule has 0 aromatic rings. The molecule has 4 nitrogen and oxygen atoms in total. The Bertz CT molecular complexity index is 61.9. The second-order valence-electron chi connectivity index (χ2n) is 0.513. The first kappa shape index (κ1) is 29.2. The fourth-order valence-corrected chi connectivity index (χ4v) is 0. The predicted molar refractivity (Wildman–Crippen MR) is 31.5 cm³/mol.